The smallest absolute Gasteiger partial charge is 0.423 e. The first kappa shape index (κ1) is 22.9. The zero-order valence-electron chi connectivity index (χ0n) is 17.3. The molecule has 0 spiro atoms. The van der Waals surface area contributed by atoms with Crippen LogP contribution in [0.25, 0.3) is 11.6 Å². The molecule has 150 valence electrons. The van der Waals surface area contributed by atoms with Crippen LogP contribution >= 0.6 is 0 Å². The monoisotopic (exact) mass is 394 g/mol. The second kappa shape index (κ2) is 11.6. The summed E-state index contributed by atoms with van der Waals surface area (Å²) in [6.45, 7) is 13.6. The van der Waals surface area contributed by atoms with Crippen molar-refractivity contribution >= 4 is 18.8 Å². The highest BCUT2D eigenvalue weighted by atomic mass is 16.4. The number of hydrogen-bond acceptors (Lipinski definition) is 2. The van der Waals surface area contributed by atoms with Crippen LogP contribution in [-0.4, -0.2) is 17.2 Å². The van der Waals surface area contributed by atoms with Crippen molar-refractivity contribution in [3.63, 3.8) is 0 Å². The fraction of sp³-hybridized carbons (Fsp3) is 0.0370. The van der Waals surface area contributed by atoms with Gasteiger partial charge in [-0.2, -0.15) is 0 Å². The third-order valence-electron chi connectivity index (χ3n) is 4.65. The minimum atomic E-state index is -1.63. The van der Waals surface area contributed by atoms with Gasteiger partial charge in [0.2, 0.25) is 0 Å². The molecule has 1 aliphatic rings. The highest BCUT2D eigenvalue weighted by Gasteiger charge is 2.14. The van der Waals surface area contributed by atoms with Gasteiger partial charge in [-0.05, 0) is 45.1 Å². The molecule has 1 aliphatic carbocycles. The Labute approximate surface area is 179 Å². The minimum Gasteiger partial charge on any atom is -0.423 e. The van der Waals surface area contributed by atoms with Crippen LogP contribution in [0.1, 0.15) is 6.92 Å². The first-order valence-electron chi connectivity index (χ1n) is 9.74. The van der Waals surface area contributed by atoms with E-state index < -0.39 is 7.12 Å². The van der Waals surface area contributed by atoms with Crippen LogP contribution in [0.4, 0.5) is 0 Å². The number of allylic oxidation sites excluding steroid dienone is 15. The van der Waals surface area contributed by atoms with Crippen molar-refractivity contribution in [2.75, 3.05) is 0 Å². The quantitative estimate of drug-likeness (QED) is 0.565. The second-order valence-corrected chi connectivity index (χ2v) is 6.54. The zero-order valence-corrected chi connectivity index (χ0v) is 17.3. The van der Waals surface area contributed by atoms with E-state index in [0.717, 1.165) is 32.7 Å². The predicted octanol–water partition coefficient (Wildman–Crippen LogP) is 4.04. The first-order chi connectivity index (χ1) is 14.5. The molecule has 0 bridgehead atoms. The lowest BCUT2D eigenvalue weighted by Gasteiger charge is -2.09. The second-order valence-electron chi connectivity index (χ2n) is 6.54. The van der Waals surface area contributed by atoms with E-state index in [1.807, 2.05) is 73.7 Å². The fourth-order valence-corrected chi connectivity index (χ4v) is 3.15. The molecule has 0 saturated carbocycles. The number of hydrogen-bond donors (Lipinski definition) is 2. The molecule has 0 aromatic heterocycles. The first-order valence-corrected chi connectivity index (χ1v) is 9.74. The number of rotatable bonds is 6. The van der Waals surface area contributed by atoms with Crippen molar-refractivity contribution in [3.8, 4) is 0 Å². The molecule has 0 aliphatic heterocycles. The van der Waals surface area contributed by atoms with Gasteiger partial charge in [0.1, 0.15) is 0 Å². The van der Waals surface area contributed by atoms with Crippen molar-refractivity contribution < 1.29 is 10.0 Å². The minimum absolute atomic E-state index is 0.376. The molecular formula is C27H27BO2. The molecule has 2 rings (SSSR count). The van der Waals surface area contributed by atoms with Crippen molar-refractivity contribution in [2.24, 2.45) is 0 Å². The number of fused-ring (bicyclic) bond motifs is 1. The maximum absolute atomic E-state index is 10.1. The molecule has 1 aromatic carbocycles. The summed E-state index contributed by atoms with van der Waals surface area (Å²) in [5, 5.41) is 21.9. The van der Waals surface area contributed by atoms with Crippen molar-refractivity contribution in [1.29, 1.82) is 0 Å². The Hall–Kier alpha value is -3.40. The summed E-state index contributed by atoms with van der Waals surface area (Å²) in [6, 6.07) is 7.79. The van der Waals surface area contributed by atoms with Gasteiger partial charge in [0.05, 0.1) is 0 Å². The third kappa shape index (κ3) is 5.80. The highest BCUT2D eigenvalue weighted by molar-refractivity contribution is 6.53. The lowest BCUT2D eigenvalue weighted by atomic mass is 9.76. The average molecular weight is 394 g/mol. The topological polar surface area (TPSA) is 40.5 Å². The molecule has 0 unspecified atom stereocenters. The van der Waals surface area contributed by atoms with E-state index in [4.69, 9.17) is 0 Å². The molecule has 0 saturated heterocycles. The zero-order chi connectivity index (χ0) is 21.9. The maximum atomic E-state index is 10.1. The summed E-state index contributed by atoms with van der Waals surface area (Å²) in [5.74, 6) is 0. The van der Waals surface area contributed by atoms with Gasteiger partial charge in [0.25, 0.3) is 0 Å². The van der Waals surface area contributed by atoms with E-state index >= 15 is 0 Å². The Morgan fingerprint density at radius 1 is 0.967 bits per heavy atom. The summed E-state index contributed by atoms with van der Waals surface area (Å²) in [4.78, 5) is 0. The fourth-order valence-electron chi connectivity index (χ4n) is 3.15. The van der Waals surface area contributed by atoms with Crippen LogP contribution in [-0.2, 0) is 0 Å². The van der Waals surface area contributed by atoms with Gasteiger partial charge in [0, 0.05) is 0 Å². The van der Waals surface area contributed by atoms with Crippen LogP contribution in [0, 0.1) is 0 Å². The molecule has 2 N–H and O–H groups in total. The van der Waals surface area contributed by atoms with E-state index in [9.17, 15) is 10.0 Å². The lowest BCUT2D eigenvalue weighted by molar-refractivity contribution is 0.421. The lowest BCUT2D eigenvalue weighted by Crippen LogP contribution is -2.28. The highest BCUT2D eigenvalue weighted by Crippen LogP contribution is 2.18. The summed E-state index contributed by atoms with van der Waals surface area (Å²) < 4.78 is 0. The van der Waals surface area contributed by atoms with E-state index in [0.29, 0.717) is 5.47 Å². The van der Waals surface area contributed by atoms with Gasteiger partial charge < -0.3 is 10.0 Å². The van der Waals surface area contributed by atoms with Crippen molar-refractivity contribution in [3.05, 3.63) is 143 Å². The van der Waals surface area contributed by atoms with Crippen LogP contribution in [0.2, 0.25) is 0 Å². The summed E-state index contributed by atoms with van der Waals surface area (Å²) in [6.07, 6.45) is 22.3. The molecule has 30 heavy (non-hydrogen) atoms. The molecule has 0 heterocycles. The largest absolute Gasteiger partial charge is 0.488 e. The molecule has 1 aromatic rings. The Bertz CT molecular complexity index is 1120. The van der Waals surface area contributed by atoms with Gasteiger partial charge in [-0.25, -0.2) is 0 Å². The number of benzene rings is 1. The van der Waals surface area contributed by atoms with Crippen molar-refractivity contribution in [1.82, 2.24) is 0 Å². The molecule has 0 radical (unpaired) electrons. The Balaban J connectivity index is 2.95. The summed E-state index contributed by atoms with van der Waals surface area (Å²) >= 11 is 0. The predicted molar refractivity (Wildman–Crippen MR) is 131 cm³/mol. The third-order valence-corrected chi connectivity index (χ3v) is 4.65. The molecule has 0 atom stereocenters. The van der Waals surface area contributed by atoms with Gasteiger partial charge in [-0.15, -0.1) is 0 Å². The molecule has 0 amide bonds. The van der Waals surface area contributed by atoms with E-state index in [2.05, 4.69) is 19.7 Å². The van der Waals surface area contributed by atoms with Crippen LogP contribution in [0.3, 0.4) is 0 Å². The average Bonchev–Trinajstić information content (AvgIpc) is 2.75. The molecular weight excluding hydrogens is 367 g/mol. The summed E-state index contributed by atoms with van der Waals surface area (Å²) in [7, 11) is -1.63. The van der Waals surface area contributed by atoms with E-state index in [1.165, 1.54) is 0 Å². The van der Waals surface area contributed by atoms with Crippen LogP contribution in [0.5, 0.6) is 0 Å². The van der Waals surface area contributed by atoms with Gasteiger partial charge >= 0.3 is 7.12 Å². The summed E-state index contributed by atoms with van der Waals surface area (Å²) in [5.41, 5.74) is 3.99. The Morgan fingerprint density at radius 3 is 2.33 bits per heavy atom. The maximum Gasteiger partial charge on any atom is 0.488 e. The van der Waals surface area contributed by atoms with Crippen molar-refractivity contribution in [2.45, 2.75) is 6.92 Å². The normalized spacial score (nSPS) is 24.2. The van der Waals surface area contributed by atoms with Crippen LogP contribution < -0.4 is 10.4 Å². The van der Waals surface area contributed by atoms with Gasteiger partial charge in [0.15, 0.2) is 0 Å². The van der Waals surface area contributed by atoms with Gasteiger partial charge in [-0.1, -0.05) is 117 Å². The van der Waals surface area contributed by atoms with Crippen LogP contribution in [0.15, 0.2) is 133 Å². The Morgan fingerprint density at radius 2 is 1.70 bits per heavy atom. The SMILES string of the molecule is C=C\C=C/C(=C\C)C1=C/C=C/C=C(C=C)\C(C=C)=c2\cccc\c2=C/C(B(O)O)=C\1. The van der Waals surface area contributed by atoms with E-state index in [1.54, 1.807) is 30.4 Å². The van der Waals surface area contributed by atoms with Gasteiger partial charge in [-0.3, -0.25) is 0 Å². The molecule has 3 heteroatoms. The van der Waals surface area contributed by atoms with E-state index in [-0.39, 0.29) is 0 Å². The molecule has 2 nitrogen and oxygen atoms in total. The standard InChI is InChI=1S/C27H27BO2/c1-5-9-14-21(6-2)23-16-11-10-15-22(7-3)26(8-4)27-18-13-12-17-24(27)20-25(19-23)28(29)30/h5-20,29-30H,1,3-4H2,2H3/b11-10+,14-9-,15-10?,16-11?,21-6+,22-15-,23-16+,23-19?,24-20+,25-19+,25-20?,26-22?,27-26-. The Kier molecular flexibility index (Phi) is 8.83. The molecule has 0 fully saturated rings.